The third-order valence-corrected chi connectivity index (χ3v) is 3.30. The smallest absolute Gasteiger partial charge is 0.224 e. The molecule has 0 aromatic heterocycles. The van der Waals surface area contributed by atoms with Crippen LogP contribution in [0.5, 0.6) is 0 Å². The Labute approximate surface area is 149 Å². The fourth-order valence-electron chi connectivity index (χ4n) is 2.08. The lowest BCUT2D eigenvalue weighted by Crippen LogP contribution is -2.31. The summed E-state index contributed by atoms with van der Waals surface area (Å²) in [6.45, 7) is 4.70. The van der Waals surface area contributed by atoms with Crippen molar-refractivity contribution in [1.82, 2.24) is 5.32 Å². The number of ether oxygens (including phenoxy) is 1. The SMILES string of the molecule is COC(CN)CC(=O)NCc1cccc(NC(=O)CC(C)C)c1.Cl. The minimum Gasteiger partial charge on any atom is -0.380 e. The molecule has 7 heteroatoms. The van der Waals surface area contributed by atoms with E-state index in [1.165, 1.54) is 7.11 Å². The van der Waals surface area contributed by atoms with Crippen molar-refractivity contribution in [2.24, 2.45) is 11.7 Å². The zero-order valence-corrected chi connectivity index (χ0v) is 15.3. The average Bonchev–Trinajstić information content (AvgIpc) is 2.50. The van der Waals surface area contributed by atoms with Crippen molar-refractivity contribution >= 4 is 29.9 Å². The normalized spacial score (nSPS) is 11.5. The van der Waals surface area contributed by atoms with E-state index < -0.39 is 0 Å². The number of hydrogen-bond acceptors (Lipinski definition) is 4. The van der Waals surface area contributed by atoms with Gasteiger partial charge in [0.15, 0.2) is 0 Å². The van der Waals surface area contributed by atoms with Crippen LogP contribution in [0.25, 0.3) is 0 Å². The third kappa shape index (κ3) is 8.86. The number of halogens is 1. The molecule has 0 heterocycles. The van der Waals surface area contributed by atoms with Gasteiger partial charge in [-0.2, -0.15) is 0 Å². The van der Waals surface area contributed by atoms with Crippen LogP contribution in [0, 0.1) is 5.92 Å². The molecule has 0 aliphatic rings. The van der Waals surface area contributed by atoms with Gasteiger partial charge in [-0.25, -0.2) is 0 Å². The molecular weight excluding hydrogens is 330 g/mol. The molecule has 0 aliphatic carbocycles. The van der Waals surface area contributed by atoms with Gasteiger partial charge in [0.25, 0.3) is 0 Å². The number of amides is 2. The predicted octanol–water partition coefficient (Wildman–Crippen LogP) is 2.07. The van der Waals surface area contributed by atoms with Gasteiger partial charge in [-0.05, 0) is 23.6 Å². The van der Waals surface area contributed by atoms with E-state index in [4.69, 9.17) is 10.5 Å². The Bertz CT molecular complexity index is 520. The Kier molecular flexibility index (Phi) is 11.0. The van der Waals surface area contributed by atoms with Crippen LogP contribution in [-0.2, 0) is 20.9 Å². The number of benzene rings is 1. The lowest BCUT2D eigenvalue weighted by Gasteiger charge is -2.13. The van der Waals surface area contributed by atoms with Crippen LogP contribution in [0.15, 0.2) is 24.3 Å². The van der Waals surface area contributed by atoms with Gasteiger partial charge >= 0.3 is 0 Å². The fraction of sp³-hybridized carbons (Fsp3) is 0.529. The first-order valence-electron chi connectivity index (χ1n) is 7.83. The molecule has 1 rings (SSSR count). The minimum atomic E-state index is -0.267. The molecule has 0 bridgehead atoms. The molecule has 0 saturated heterocycles. The molecule has 1 aromatic carbocycles. The molecule has 2 amide bonds. The minimum absolute atomic E-state index is 0. The van der Waals surface area contributed by atoms with Gasteiger partial charge in [0.2, 0.25) is 11.8 Å². The highest BCUT2D eigenvalue weighted by Gasteiger charge is 2.11. The lowest BCUT2D eigenvalue weighted by atomic mass is 10.1. The molecule has 1 aromatic rings. The molecule has 136 valence electrons. The summed E-state index contributed by atoms with van der Waals surface area (Å²) in [4.78, 5) is 23.6. The van der Waals surface area contributed by atoms with E-state index in [9.17, 15) is 9.59 Å². The summed E-state index contributed by atoms with van der Waals surface area (Å²) < 4.78 is 5.08. The number of methoxy groups -OCH3 is 1. The van der Waals surface area contributed by atoms with Crippen molar-refractivity contribution in [2.45, 2.75) is 39.3 Å². The number of hydrogen-bond donors (Lipinski definition) is 3. The summed E-state index contributed by atoms with van der Waals surface area (Å²) in [7, 11) is 1.54. The van der Waals surface area contributed by atoms with Crippen LogP contribution < -0.4 is 16.4 Å². The number of rotatable bonds is 9. The van der Waals surface area contributed by atoms with Gasteiger partial charge in [-0.1, -0.05) is 26.0 Å². The predicted molar refractivity (Wildman–Crippen MR) is 98.1 cm³/mol. The van der Waals surface area contributed by atoms with Crippen LogP contribution in [0.3, 0.4) is 0 Å². The second-order valence-electron chi connectivity index (χ2n) is 5.92. The van der Waals surface area contributed by atoms with Crippen LogP contribution in [0.2, 0.25) is 0 Å². The molecule has 4 N–H and O–H groups in total. The van der Waals surface area contributed by atoms with E-state index in [-0.39, 0.29) is 36.7 Å². The van der Waals surface area contributed by atoms with E-state index in [1.54, 1.807) is 0 Å². The highest BCUT2D eigenvalue weighted by Crippen LogP contribution is 2.12. The van der Waals surface area contributed by atoms with E-state index in [2.05, 4.69) is 10.6 Å². The molecule has 0 fully saturated rings. The number of nitrogens with one attached hydrogen (secondary N) is 2. The Hall–Kier alpha value is -1.63. The van der Waals surface area contributed by atoms with Crippen LogP contribution in [0.4, 0.5) is 5.69 Å². The topological polar surface area (TPSA) is 93.4 Å². The van der Waals surface area contributed by atoms with Crippen molar-refractivity contribution in [2.75, 3.05) is 19.0 Å². The van der Waals surface area contributed by atoms with E-state index in [1.807, 2.05) is 38.1 Å². The fourth-order valence-corrected chi connectivity index (χ4v) is 2.08. The number of carbonyl (C=O) groups is 2. The van der Waals surface area contributed by atoms with E-state index >= 15 is 0 Å². The second kappa shape index (κ2) is 11.8. The van der Waals surface area contributed by atoms with Gasteiger partial charge < -0.3 is 21.1 Å². The lowest BCUT2D eigenvalue weighted by molar-refractivity contribution is -0.123. The zero-order chi connectivity index (χ0) is 17.2. The van der Waals surface area contributed by atoms with Gasteiger partial charge in [0.1, 0.15) is 0 Å². The highest BCUT2D eigenvalue weighted by atomic mass is 35.5. The molecule has 0 aliphatic heterocycles. The summed E-state index contributed by atoms with van der Waals surface area (Å²) in [5.74, 6) is 0.192. The molecule has 6 nitrogen and oxygen atoms in total. The number of nitrogens with two attached hydrogens (primary N) is 1. The Morgan fingerprint density at radius 3 is 2.50 bits per heavy atom. The molecular formula is C17H28ClN3O3. The highest BCUT2D eigenvalue weighted by molar-refractivity contribution is 5.90. The molecule has 24 heavy (non-hydrogen) atoms. The Morgan fingerprint density at radius 1 is 1.21 bits per heavy atom. The van der Waals surface area contributed by atoms with Gasteiger partial charge in [-0.3, -0.25) is 9.59 Å². The largest absolute Gasteiger partial charge is 0.380 e. The first-order valence-corrected chi connectivity index (χ1v) is 7.83. The average molecular weight is 358 g/mol. The second-order valence-corrected chi connectivity index (χ2v) is 5.92. The zero-order valence-electron chi connectivity index (χ0n) is 14.5. The van der Waals surface area contributed by atoms with Crippen LogP contribution in [-0.4, -0.2) is 31.6 Å². The molecule has 1 unspecified atom stereocenters. The monoisotopic (exact) mass is 357 g/mol. The molecule has 1 atom stereocenters. The number of carbonyl (C=O) groups excluding carboxylic acids is 2. The Morgan fingerprint density at radius 2 is 1.92 bits per heavy atom. The van der Waals surface area contributed by atoms with E-state index in [0.29, 0.717) is 25.4 Å². The summed E-state index contributed by atoms with van der Waals surface area (Å²) in [5.41, 5.74) is 7.15. The maximum absolute atomic E-state index is 11.8. The van der Waals surface area contributed by atoms with E-state index in [0.717, 1.165) is 11.3 Å². The van der Waals surface area contributed by atoms with Crippen molar-refractivity contribution < 1.29 is 14.3 Å². The van der Waals surface area contributed by atoms with Crippen LogP contribution in [0.1, 0.15) is 32.3 Å². The first kappa shape index (κ1) is 22.4. The number of anilines is 1. The van der Waals surface area contributed by atoms with Crippen LogP contribution >= 0.6 is 12.4 Å². The molecule has 0 radical (unpaired) electrons. The maximum atomic E-state index is 11.8. The van der Waals surface area contributed by atoms with Crippen molar-refractivity contribution in [1.29, 1.82) is 0 Å². The molecule has 0 saturated carbocycles. The summed E-state index contributed by atoms with van der Waals surface area (Å²) >= 11 is 0. The standard InChI is InChI=1S/C17H27N3O3.ClH/c1-12(2)7-17(22)20-14-6-4-5-13(8-14)11-19-16(21)9-15(10-18)23-3;/h4-6,8,12,15H,7,9-11,18H2,1-3H3,(H,19,21)(H,20,22);1H. The van der Waals surface area contributed by atoms with Gasteiger partial charge in [0.05, 0.1) is 12.5 Å². The van der Waals surface area contributed by atoms with Gasteiger partial charge in [-0.15, -0.1) is 12.4 Å². The molecule has 0 spiro atoms. The quantitative estimate of drug-likeness (QED) is 0.630. The summed E-state index contributed by atoms with van der Waals surface area (Å²) in [6.07, 6.45) is 0.452. The van der Waals surface area contributed by atoms with Gasteiger partial charge in [0, 0.05) is 32.3 Å². The first-order chi connectivity index (χ1) is 10.9. The Balaban J connectivity index is 0.00000529. The van der Waals surface area contributed by atoms with Crippen molar-refractivity contribution in [3.8, 4) is 0 Å². The van der Waals surface area contributed by atoms with Crippen molar-refractivity contribution in [3.05, 3.63) is 29.8 Å². The third-order valence-electron chi connectivity index (χ3n) is 3.30. The van der Waals surface area contributed by atoms with Crippen molar-refractivity contribution in [3.63, 3.8) is 0 Å². The maximum Gasteiger partial charge on any atom is 0.224 e. The summed E-state index contributed by atoms with van der Waals surface area (Å²) in [6, 6.07) is 7.44. The summed E-state index contributed by atoms with van der Waals surface area (Å²) in [5, 5.41) is 5.69.